The molecule has 0 saturated carbocycles. The molecule has 18 heteroatoms. The number of aliphatic hydroxyl groups is 2. The van der Waals surface area contributed by atoms with E-state index in [4.69, 9.17) is 18.5 Å². The van der Waals surface area contributed by atoms with E-state index in [1.807, 2.05) is 0 Å². The molecule has 2 aromatic rings. The van der Waals surface area contributed by atoms with Crippen molar-refractivity contribution in [3.8, 4) is 0 Å². The lowest BCUT2D eigenvalue weighted by molar-refractivity contribution is -0.128. The average Bonchev–Trinajstić information content (AvgIpc) is 3.57. The molecule has 17 nitrogen and oxygen atoms in total. The van der Waals surface area contributed by atoms with Crippen LogP contribution in [0.1, 0.15) is 26.0 Å². The summed E-state index contributed by atoms with van der Waals surface area (Å²) in [6.07, 6.45) is -3.32. The molecule has 2 unspecified atom stereocenters. The number of aromatic amines is 1. The van der Waals surface area contributed by atoms with E-state index in [0.717, 1.165) is 0 Å². The second-order valence-corrected chi connectivity index (χ2v) is 10.7. The molecule has 0 bridgehead atoms. The summed E-state index contributed by atoms with van der Waals surface area (Å²) in [7, 11) is -4.73. The molecule has 3 saturated heterocycles. The van der Waals surface area contributed by atoms with Crippen molar-refractivity contribution in [2.45, 2.75) is 56.6 Å². The first-order valence-electron chi connectivity index (χ1n) is 11.8. The monoisotopic (exact) mass is 558 g/mol. The van der Waals surface area contributed by atoms with Crippen LogP contribution in [0.2, 0.25) is 0 Å². The van der Waals surface area contributed by atoms with E-state index in [1.54, 1.807) is 6.92 Å². The number of hydrogen-bond donors (Lipinski definition) is 5. The molecule has 3 aliphatic heterocycles. The number of carbonyl (C=O) groups is 2. The molecule has 0 radical (unpaired) electrons. The minimum absolute atomic E-state index is 0.0576. The van der Waals surface area contributed by atoms with Gasteiger partial charge in [0.05, 0.1) is 37.9 Å². The quantitative estimate of drug-likeness (QED) is 0.234. The summed E-state index contributed by atoms with van der Waals surface area (Å²) in [6.45, 7) is 0.627. The Balaban J connectivity index is 1.18. The number of urea groups is 1. The van der Waals surface area contributed by atoms with Crippen LogP contribution < -0.4 is 10.9 Å². The fourth-order valence-electron chi connectivity index (χ4n) is 4.66. The fourth-order valence-corrected chi connectivity index (χ4v) is 5.62. The zero-order valence-corrected chi connectivity index (χ0v) is 21.0. The smallest absolute Gasteiger partial charge is 0.394 e. The maximum Gasteiger partial charge on any atom is 0.472 e. The molecule has 5 rings (SSSR count). The number of rotatable bonds is 8. The zero-order valence-electron chi connectivity index (χ0n) is 20.1. The number of hydrogen-bond acceptors (Lipinski definition) is 12. The Morgan fingerprint density at radius 3 is 2.71 bits per heavy atom. The molecule has 38 heavy (non-hydrogen) atoms. The lowest BCUT2D eigenvalue weighted by Crippen LogP contribution is -2.57. The van der Waals surface area contributed by atoms with Crippen LogP contribution in [0.3, 0.4) is 0 Å². The molecule has 0 spiro atoms. The van der Waals surface area contributed by atoms with Gasteiger partial charge in [-0.3, -0.25) is 33.4 Å². The molecular formula is C20H27N6O11P. The third kappa shape index (κ3) is 5.23. The molecule has 3 fully saturated rings. The normalized spacial score (nSPS) is 33.6. The average molecular weight is 558 g/mol. The molecule has 0 aliphatic carbocycles. The van der Waals surface area contributed by atoms with Gasteiger partial charge in [-0.2, -0.15) is 0 Å². The summed E-state index contributed by atoms with van der Waals surface area (Å²) in [5.41, 5.74) is -0.0957. The number of imidazole rings is 1. The Bertz CT molecular complexity index is 1320. The summed E-state index contributed by atoms with van der Waals surface area (Å²) in [5, 5.41) is 22.3. The van der Waals surface area contributed by atoms with E-state index < -0.39 is 81.3 Å². The van der Waals surface area contributed by atoms with Crippen LogP contribution in [0.4, 0.5) is 4.79 Å². The molecule has 8 atom stereocenters. The van der Waals surface area contributed by atoms with E-state index in [-0.39, 0.29) is 30.6 Å². The number of nitrogens with zero attached hydrogens (tertiary/aromatic N) is 4. The van der Waals surface area contributed by atoms with E-state index >= 15 is 0 Å². The predicted octanol–water partition coefficient (Wildman–Crippen LogP) is -1.43. The number of aliphatic hydroxyl groups excluding tert-OH is 2. The number of imide groups is 1. The first kappa shape index (κ1) is 26.8. The second kappa shape index (κ2) is 10.4. The van der Waals surface area contributed by atoms with Gasteiger partial charge in [-0.25, -0.2) is 19.3 Å². The van der Waals surface area contributed by atoms with Gasteiger partial charge < -0.3 is 29.6 Å². The maximum absolute atomic E-state index is 12.7. The van der Waals surface area contributed by atoms with Crippen LogP contribution in [0, 0.1) is 5.92 Å². The third-order valence-electron chi connectivity index (χ3n) is 6.67. The van der Waals surface area contributed by atoms with Gasteiger partial charge in [-0.15, -0.1) is 0 Å². The minimum Gasteiger partial charge on any atom is -0.394 e. The van der Waals surface area contributed by atoms with Gasteiger partial charge in [0.2, 0.25) is 5.91 Å². The highest BCUT2D eigenvalue weighted by Crippen LogP contribution is 2.48. The van der Waals surface area contributed by atoms with Gasteiger partial charge in [0, 0.05) is 19.4 Å². The van der Waals surface area contributed by atoms with Crippen molar-refractivity contribution < 1.29 is 47.8 Å². The van der Waals surface area contributed by atoms with Crippen LogP contribution in [0.15, 0.2) is 17.4 Å². The van der Waals surface area contributed by atoms with Crippen molar-refractivity contribution in [1.82, 2.24) is 29.7 Å². The lowest BCUT2D eigenvalue weighted by atomic mass is 10.1. The maximum atomic E-state index is 12.7. The Morgan fingerprint density at radius 2 is 1.95 bits per heavy atom. The standard InChI is InChI=1S/C20H27N6O11P/c1-9-4-25(20(31)24-18(9)29)15-3-11(12(5-27)35-15)37-38(32,33)34-6-13-10(28)2-14(36-13)26-8-23-16-17(26)21-7-22-19(16)30/h7-15,27-28H,2-6H2,1H3,(H,32,33)(H,21,22,30)(H,24,29,31)/t9?,10-,11-,12+,13+,14+,15+/m0/s1. The minimum atomic E-state index is -4.73. The number of carbonyl (C=O) groups excluding carboxylic acids is 2. The van der Waals surface area contributed by atoms with Crippen molar-refractivity contribution in [3.63, 3.8) is 0 Å². The molecular weight excluding hydrogens is 531 g/mol. The number of phosphoric ester groups is 1. The summed E-state index contributed by atoms with van der Waals surface area (Å²) < 4.78 is 35.9. The lowest BCUT2D eigenvalue weighted by Gasteiger charge is -2.34. The Hall–Kier alpha value is -2.76. The van der Waals surface area contributed by atoms with Gasteiger partial charge in [0.25, 0.3) is 5.56 Å². The highest BCUT2D eigenvalue weighted by Gasteiger charge is 2.46. The van der Waals surface area contributed by atoms with Gasteiger partial charge in [0.1, 0.15) is 30.8 Å². The van der Waals surface area contributed by atoms with Crippen LogP contribution in [-0.4, -0.2) is 102 Å². The third-order valence-corrected chi connectivity index (χ3v) is 7.68. The molecule has 208 valence electrons. The van der Waals surface area contributed by atoms with Crippen LogP contribution >= 0.6 is 7.82 Å². The van der Waals surface area contributed by atoms with Crippen LogP contribution in [0.5, 0.6) is 0 Å². The van der Waals surface area contributed by atoms with E-state index in [9.17, 15) is 34.1 Å². The number of fused-ring (bicyclic) bond motifs is 1. The highest BCUT2D eigenvalue weighted by atomic mass is 31.2. The topological polar surface area (TPSA) is 228 Å². The highest BCUT2D eigenvalue weighted by molar-refractivity contribution is 7.47. The van der Waals surface area contributed by atoms with Gasteiger partial charge in [0.15, 0.2) is 11.2 Å². The SMILES string of the molecule is CC1CN([C@H]2C[C@H](OP(=O)(O)OC[C@H]3O[C@@H](n4cnc5c(=O)[nH]cnc54)C[C@@H]3O)[C@@H](CO)O2)C(=O)NC1=O. The first-order chi connectivity index (χ1) is 18.1. The number of nitrogens with one attached hydrogen (secondary N) is 2. The predicted molar refractivity (Wildman–Crippen MR) is 123 cm³/mol. The number of ether oxygens (including phenoxy) is 2. The van der Waals surface area contributed by atoms with Crippen molar-refractivity contribution in [1.29, 1.82) is 0 Å². The summed E-state index contributed by atoms with van der Waals surface area (Å²) >= 11 is 0. The van der Waals surface area contributed by atoms with E-state index in [2.05, 4.69) is 20.3 Å². The largest absolute Gasteiger partial charge is 0.472 e. The molecule has 3 aliphatic rings. The van der Waals surface area contributed by atoms with Crippen molar-refractivity contribution in [2.75, 3.05) is 19.8 Å². The Kier molecular flexibility index (Phi) is 7.36. The summed E-state index contributed by atoms with van der Waals surface area (Å²) in [6, 6.07) is -0.675. The molecule has 0 aromatic carbocycles. The molecule has 3 amide bonds. The van der Waals surface area contributed by atoms with Gasteiger partial charge in [-0.1, -0.05) is 6.92 Å². The van der Waals surface area contributed by atoms with Crippen LogP contribution in [0.25, 0.3) is 11.2 Å². The van der Waals surface area contributed by atoms with E-state index in [1.165, 1.54) is 22.1 Å². The van der Waals surface area contributed by atoms with Crippen LogP contribution in [-0.2, 0) is 27.9 Å². The van der Waals surface area contributed by atoms with E-state index in [0.29, 0.717) is 0 Å². The number of amides is 3. The first-order valence-corrected chi connectivity index (χ1v) is 13.3. The fraction of sp³-hybridized carbons (Fsp3) is 0.650. The van der Waals surface area contributed by atoms with Crippen molar-refractivity contribution in [3.05, 3.63) is 23.0 Å². The number of aromatic nitrogens is 4. The van der Waals surface area contributed by atoms with Crippen molar-refractivity contribution >= 4 is 30.9 Å². The molecule has 2 aromatic heterocycles. The molecule has 5 heterocycles. The Labute approximate surface area is 214 Å². The zero-order chi connectivity index (χ0) is 27.2. The Morgan fingerprint density at radius 1 is 1.18 bits per heavy atom. The van der Waals surface area contributed by atoms with Gasteiger partial charge in [-0.05, 0) is 0 Å². The number of phosphoric acid groups is 1. The second-order valence-electron chi connectivity index (χ2n) is 9.29. The van der Waals surface area contributed by atoms with Crippen molar-refractivity contribution in [2.24, 2.45) is 5.92 Å². The summed E-state index contributed by atoms with van der Waals surface area (Å²) in [4.78, 5) is 57.9. The number of H-pyrrole nitrogens is 1. The van der Waals surface area contributed by atoms with Gasteiger partial charge >= 0.3 is 13.9 Å². The summed E-state index contributed by atoms with van der Waals surface area (Å²) in [5.74, 6) is -0.914. The molecule has 5 N–H and O–H groups in total.